The van der Waals surface area contributed by atoms with E-state index in [0.717, 1.165) is 17.2 Å². The Morgan fingerprint density at radius 1 is 1.06 bits per heavy atom. The smallest absolute Gasteiger partial charge is 0.270 e. The third kappa shape index (κ3) is 6.40. The first-order chi connectivity index (χ1) is 15.8. The van der Waals surface area contributed by atoms with Gasteiger partial charge >= 0.3 is 0 Å². The highest BCUT2D eigenvalue weighted by Gasteiger charge is 2.22. The molecule has 0 aliphatic heterocycles. The van der Waals surface area contributed by atoms with Crippen LogP contribution in [-0.2, 0) is 10.0 Å². The van der Waals surface area contributed by atoms with E-state index in [9.17, 15) is 18.5 Å². The van der Waals surface area contributed by atoms with Crippen LogP contribution in [0.25, 0.3) is 6.08 Å². The van der Waals surface area contributed by atoms with Crippen LogP contribution in [0.4, 0.5) is 17.1 Å². The van der Waals surface area contributed by atoms with E-state index >= 15 is 0 Å². The van der Waals surface area contributed by atoms with Crippen LogP contribution in [0, 0.1) is 10.1 Å². The van der Waals surface area contributed by atoms with Crippen LogP contribution < -0.4 is 14.9 Å². The van der Waals surface area contributed by atoms with Gasteiger partial charge in [0.1, 0.15) is 10.6 Å². The van der Waals surface area contributed by atoms with Gasteiger partial charge in [-0.15, -0.1) is 0 Å². The predicted octanol–water partition coefficient (Wildman–Crippen LogP) is 4.91. The first-order valence-electron chi connectivity index (χ1n) is 9.76. The number of anilines is 2. The van der Waals surface area contributed by atoms with E-state index in [1.54, 1.807) is 12.1 Å². The van der Waals surface area contributed by atoms with Crippen molar-refractivity contribution in [2.45, 2.75) is 11.8 Å². The molecule has 3 aromatic carbocycles. The van der Waals surface area contributed by atoms with E-state index < -0.39 is 14.9 Å². The fourth-order valence-corrected chi connectivity index (χ4v) is 4.10. The molecular formula is C23H22N4O5S. The molecule has 0 radical (unpaired) electrons. The fraction of sp³-hybridized carbons (Fsp3) is 0.0870. The highest BCUT2D eigenvalue weighted by atomic mass is 32.2. The summed E-state index contributed by atoms with van der Waals surface area (Å²) in [5.41, 5.74) is 4.48. The summed E-state index contributed by atoms with van der Waals surface area (Å²) in [6.07, 6.45) is 3.44. The average Bonchev–Trinajstić information content (AvgIpc) is 2.80. The van der Waals surface area contributed by atoms with Gasteiger partial charge in [0.25, 0.3) is 15.7 Å². The molecular weight excluding hydrogens is 444 g/mol. The second-order valence-electron chi connectivity index (χ2n) is 6.94. The van der Waals surface area contributed by atoms with Crippen LogP contribution in [-0.4, -0.2) is 26.7 Å². The first kappa shape index (κ1) is 23.5. The summed E-state index contributed by atoms with van der Waals surface area (Å²) >= 11 is 0. The number of allylic oxidation sites excluding steroid dienone is 1. The molecule has 10 heteroatoms. The summed E-state index contributed by atoms with van der Waals surface area (Å²) in [4.78, 5) is 10.2. The summed E-state index contributed by atoms with van der Waals surface area (Å²) < 4.78 is 33.5. The number of nitrogens with zero attached hydrogens (tertiary/aromatic N) is 2. The monoisotopic (exact) mass is 466 g/mol. The van der Waals surface area contributed by atoms with E-state index in [-0.39, 0.29) is 22.0 Å². The third-order valence-corrected chi connectivity index (χ3v) is 5.88. The lowest BCUT2D eigenvalue weighted by molar-refractivity contribution is -0.385. The zero-order chi connectivity index (χ0) is 23.8. The van der Waals surface area contributed by atoms with Crippen molar-refractivity contribution in [3.05, 3.63) is 94.0 Å². The number of hydrogen-bond acceptors (Lipinski definition) is 7. The van der Waals surface area contributed by atoms with Crippen molar-refractivity contribution in [2.75, 3.05) is 17.3 Å². The molecule has 3 aromatic rings. The maximum absolute atomic E-state index is 13.0. The number of non-ortho nitro benzene ring substituents is 1. The van der Waals surface area contributed by atoms with E-state index in [1.165, 1.54) is 37.6 Å². The molecule has 33 heavy (non-hydrogen) atoms. The Balaban J connectivity index is 1.87. The molecule has 0 bridgehead atoms. The number of benzene rings is 3. The number of nitrogens with one attached hydrogen (secondary N) is 2. The van der Waals surface area contributed by atoms with Crippen LogP contribution in [0.1, 0.15) is 12.5 Å². The minimum atomic E-state index is -4.17. The van der Waals surface area contributed by atoms with Gasteiger partial charge in [-0.25, -0.2) is 8.42 Å². The number of nitro groups is 1. The molecule has 0 amide bonds. The standard InChI is InChI=1S/C23H22N4O5S/c1-17(14-18-6-4-3-5-7-18)16-24-25-22-13-10-20(27(28)29)15-23(22)33(30,31)26-19-8-11-21(32-2)12-9-19/h3-16,25-26H,1-2H3. The maximum atomic E-state index is 13.0. The molecule has 0 aliphatic rings. The van der Waals surface area contributed by atoms with Crippen molar-refractivity contribution in [1.29, 1.82) is 0 Å². The summed E-state index contributed by atoms with van der Waals surface area (Å²) in [5.74, 6) is 0.559. The molecule has 0 atom stereocenters. The Morgan fingerprint density at radius 2 is 1.76 bits per heavy atom. The molecule has 170 valence electrons. The quantitative estimate of drug-likeness (QED) is 0.263. The zero-order valence-electron chi connectivity index (χ0n) is 17.9. The number of ether oxygens (including phenoxy) is 1. The Hall–Kier alpha value is -4.18. The van der Waals surface area contributed by atoms with Gasteiger partial charge in [-0.3, -0.25) is 20.3 Å². The molecule has 0 unspecified atom stereocenters. The highest BCUT2D eigenvalue weighted by molar-refractivity contribution is 7.92. The number of nitro benzene ring substituents is 1. The van der Waals surface area contributed by atoms with Crippen molar-refractivity contribution >= 4 is 39.4 Å². The van der Waals surface area contributed by atoms with Gasteiger partial charge in [0.2, 0.25) is 0 Å². The van der Waals surface area contributed by atoms with Gasteiger partial charge in [0.15, 0.2) is 0 Å². The molecule has 0 saturated heterocycles. The van der Waals surface area contributed by atoms with Crippen LogP contribution >= 0.6 is 0 Å². The molecule has 9 nitrogen and oxygen atoms in total. The normalized spacial score (nSPS) is 11.9. The molecule has 3 rings (SSSR count). The second-order valence-corrected chi connectivity index (χ2v) is 8.59. The van der Waals surface area contributed by atoms with Crippen LogP contribution in [0.5, 0.6) is 5.75 Å². The molecule has 0 aromatic heterocycles. The van der Waals surface area contributed by atoms with Gasteiger partial charge in [-0.1, -0.05) is 36.4 Å². The van der Waals surface area contributed by atoms with Crippen molar-refractivity contribution in [3.8, 4) is 5.75 Å². The van der Waals surface area contributed by atoms with Crippen LogP contribution in [0.3, 0.4) is 0 Å². The zero-order valence-corrected chi connectivity index (χ0v) is 18.7. The van der Waals surface area contributed by atoms with Crippen LogP contribution in [0.2, 0.25) is 0 Å². The molecule has 2 N–H and O–H groups in total. The minimum Gasteiger partial charge on any atom is -0.497 e. The first-order valence-corrected chi connectivity index (χ1v) is 11.2. The minimum absolute atomic E-state index is 0.0883. The lowest BCUT2D eigenvalue weighted by Crippen LogP contribution is -2.15. The molecule has 0 spiro atoms. The Bertz CT molecular complexity index is 1290. The topological polar surface area (TPSA) is 123 Å². The predicted molar refractivity (Wildman–Crippen MR) is 129 cm³/mol. The van der Waals surface area contributed by atoms with E-state index in [1.807, 2.05) is 43.3 Å². The number of methoxy groups -OCH3 is 1. The Morgan fingerprint density at radius 3 is 2.39 bits per heavy atom. The van der Waals surface area contributed by atoms with E-state index in [4.69, 9.17) is 4.74 Å². The van der Waals surface area contributed by atoms with Gasteiger partial charge in [-0.05, 0) is 48.4 Å². The van der Waals surface area contributed by atoms with Gasteiger partial charge in [-0.2, -0.15) is 5.10 Å². The van der Waals surface area contributed by atoms with Crippen molar-refractivity contribution in [1.82, 2.24) is 0 Å². The van der Waals surface area contributed by atoms with Gasteiger partial charge < -0.3 is 4.74 Å². The molecule has 0 heterocycles. The summed E-state index contributed by atoms with van der Waals surface area (Å²) in [5, 5.41) is 15.3. The summed E-state index contributed by atoms with van der Waals surface area (Å²) in [7, 11) is -2.67. The molecule has 0 fully saturated rings. The molecule has 0 aliphatic carbocycles. The van der Waals surface area contributed by atoms with Crippen molar-refractivity contribution < 1.29 is 18.1 Å². The van der Waals surface area contributed by atoms with Gasteiger partial charge in [0, 0.05) is 17.8 Å². The highest BCUT2D eigenvalue weighted by Crippen LogP contribution is 2.28. The van der Waals surface area contributed by atoms with Crippen molar-refractivity contribution in [2.24, 2.45) is 5.10 Å². The number of hydrogen-bond donors (Lipinski definition) is 2. The number of sulfonamides is 1. The number of rotatable bonds is 9. The lowest BCUT2D eigenvalue weighted by Gasteiger charge is -2.12. The SMILES string of the molecule is COc1ccc(NS(=O)(=O)c2cc([N+](=O)[O-])ccc2NN=CC(C)=Cc2ccccc2)cc1. The third-order valence-electron chi connectivity index (χ3n) is 4.45. The molecule has 0 saturated carbocycles. The summed E-state index contributed by atoms with van der Waals surface area (Å²) in [6, 6.07) is 19.4. The Kier molecular flexibility index (Phi) is 7.42. The van der Waals surface area contributed by atoms with E-state index in [2.05, 4.69) is 15.2 Å². The van der Waals surface area contributed by atoms with Gasteiger partial charge in [0.05, 0.1) is 23.9 Å². The van der Waals surface area contributed by atoms with Crippen LogP contribution in [0.15, 0.2) is 88.4 Å². The number of hydrazone groups is 1. The Labute approximate surface area is 191 Å². The van der Waals surface area contributed by atoms with E-state index in [0.29, 0.717) is 5.75 Å². The maximum Gasteiger partial charge on any atom is 0.270 e. The lowest BCUT2D eigenvalue weighted by atomic mass is 10.1. The largest absolute Gasteiger partial charge is 0.497 e. The summed E-state index contributed by atoms with van der Waals surface area (Å²) in [6.45, 7) is 1.84. The fourth-order valence-electron chi connectivity index (χ4n) is 2.86. The average molecular weight is 467 g/mol. The second kappa shape index (κ2) is 10.4. The van der Waals surface area contributed by atoms with Crippen molar-refractivity contribution in [3.63, 3.8) is 0 Å².